The Morgan fingerprint density at radius 2 is 1.81 bits per heavy atom. The molecule has 0 bridgehead atoms. The molecule has 2 rings (SSSR count). The Hall–Kier alpha value is -1.57. The number of nitrogens with one attached hydrogen (secondary N) is 1. The van der Waals surface area contributed by atoms with E-state index in [2.05, 4.69) is 21.4 Å². The van der Waals surface area contributed by atoms with E-state index in [-0.39, 0.29) is 24.0 Å². The molecule has 0 spiro atoms. The van der Waals surface area contributed by atoms with Crippen molar-refractivity contribution in [2.24, 2.45) is 10.7 Å². The average Bonchev–Trinajstić information content (AvgIpc) is 2.65. The number of halogens is 1. The highest BCUT2D eigenvalue weighted by Crippen LogP contribution is 2.13. The van der Waals surface area contributed by atoms with Crippen molar-refractivity contribution in [1.82, 2.24) is 4.98 Å². The van der Waals surface area contributed by atoms with Crippen molar-refractivity contribution in [2.45, 2.75) is 34.2 Å². The summed E-state index contributed by atoms with van der Waals surface area (Å²) in [4.78, 5) is 8.49. The Labute approximate surface area is 142 Å². The van der Waals surface area contributed by atoms with Crippen LogP contribution in [0.3, 0.4) is 0 Å². The molecule has 1 heterocycles. The summed E-state index contributed by atoms with van der Waals surface area (Å²) in [5, 5.41) is 3.07. The quantitative estimate of drug-likeness (QED) is 0.470. The van der Waals surface area contributed by atoms with Crippen LogP contribution in [-0.2, 0) is 6.54 Å². The van der Waals surface area contributed by atoms with Gasteiger partial charge in [0.1, 0.15) is 12.3 Å². The summed E-state index contributed by atoms with van der Waals surface area (Å²) >= 11 is 0. The molecule has 0 fully saturated rings. The highest BCUT2D eigenvalue weighted by Gasteiger charge is 2.04. The fourth-order valence-corrected chi connectivity index (χ4v) is 1.99. The summed E-state index contributed by atoms with van der Waals surface area (Å²) in [6.45, 7) is 8.21. The summed E-state index contributed by atoms with van der Waals surface area (Å²) in [6, 6.07) is 6.15. The van der Waals surface area contributed by atoms with Gasteiger partial charge in [-0.1, -0.05) is 6.07 Å². The van der Waals surface area contributed by atoms with Gasteiger partial charge in [-0.15, -0.1) is 24.0 Å². The third-order valence-electron chi connectivity index (χ3n) is 2.95. The number of aliphatic imine (C=N–C) groups is 1. The summed E-state index contributed by atoms with van der Waals surface area (Å²) in [5.41, 5.74) is 10.0. The fourth-order valence-electron chi connectivity index (χ4n) is 1.99. The van der Waals surface area contributed by atoms with Gasteiger partial charge in [-0.25, -0.2) is 9.98 Å². The molecule has 0 aliphatic carbocycles. The van der Waals surface area contributed by atoms with E-state index in [0.717, 1.165) is 17.1 Å². The second-order valence-electron chi connectivity index (χ2n) is 4.95. The Morgan fingerprint density at radius 1 is 1.19 bits per heavy atom. The number of rotatable bonds is 3. The van der Waals surface area contributed by atoms with Gasteiger partial charge in [-0.2, -0.15) is 0 Å². The molecule has 0 amide bonds. The average molecular weight is 400 g/mol. The Balaban J connectivity index is 0.00000220. The van der Waals surface area contributed by atoms with Crippen molar-refractivity contribution in [3.63, 3.8) is 0 Å². The first kappa shape index (κ1) is 17.5. The van der Waals surface area contributed by atoms with Crippen molar-refractivity contribution in [1.29, 1.82) is 0 Å². The van der Waals surface area contributed by atoms with Crippen LogP contribution >= 0.6 is 24.0 Å². The van der Waals surface area contributed by atoms with E-state index in [1.807, 2.05) is 39.8 Å². The van der Waals surface area contributed by atoms with Gasteiger partial charge in [0.2, 0.25) is 5.89 Å². The predicted molar refractivity (Wildman–Crippen MR) is 96.3 cm³/mol. The maximum Gasteiger partial charge on any atom is 0.216 e. The van der Waals surface area contributed by atoms with Crippen LogP contribution in [0.25, 0.3) is 0 Å². The van der Waals surface area contributed by atoms with Crippen molar-refractivity contribution < 1.29 is 4.42 Å². The van der Waals surface area contributed by atoms with Crippen molar-refractivity contribution in [2.75, 3.05) is 5.32 Å². The zero-order chi connectivity index (χ0) is 14.7. The summed E-state index contributed by atoms with van der Waals surface area (Å²) in [6.07, 6.45) is 0. The predicted octanol–water partition coefficient (Wildman–Crippen LogP) is 3.45. The number of oxazole rings is 1. The van der Waals surface area contributed by atoms with Crippen LogP contribution in [0.5, 0.6) is 0 Å². The maximum atomic E-state index is 5.87. The first-order valence-electron chi connectivity index (χ1n) is 6.52. The number of nitrogens with two attached hydrogens (primary N) is 1. The van der Waals surface area contributed by atoms with E-state index in [4.69, 9.17) is 10.2 Å². The van der Waals surface area contributed by atoms with Crippen LogP contribution in [0.15, 0.2) is 27.6 Å². The van der Waals surface area contributed by atoms with Crippen molar-refractivity contribution >= 4 is 35.6 Å². The largest absolute Gasteiger partial charge is 0.444 e. The van der Waals surface area contributed by atoms with Crippen molar-refractivity contribution in [3.8, 4) is 0 Å². The molecule has 0 saturated heterocycles. The first-order valence-corrected chi connectivity index (χ1v) is 6.52. The molecule has 0 radical (unpaired) electrons. The second-order valence-corrected chi connectivity index (χ2v) is 4.95. The number of anilines is 1. The van der Waals surface area contributed by atoms with Crippen LogP contribution in [0.4, 0.5) is 5.69 Å². The number of aromatic nitrogens is 1. The van der Waals surface area contributed by atoms with E-state index in [1.54, 1.807) is 0 Å². The van der Waals surface area contributed by atoms with Crippen molar-refractivity contribution in [3.05, 3.63) is 46.7 Å². The van der Waals surface area contributed by atoms with Gasteiger partial charge in [-0.3, -0.25) is 0 Å². The number of hydrogen-bond donors (Lipinski definition) is 2. The number of guanidine groups is 1. The Kier molecular flexibility index (Phi) is 6.19. The molecule has 0 aliphatic rings. The van der Waals surface area contributed by atoms with Gasteiger partial charge < -0.3 is 15.5 Å². The lowest BCUT2D eigenvalue weighted by Gasteiger charge is -2.07. The van der Waals surface area contributed by atoms with E-state index in [1.165, 1.54) is 11.1 Å². The van der Waals surface area contributed by atoms with E-state index >= 15 is 0 Å². The highest BCUT2D eigenvalue weighted by molar-refractivity contribution is 14.0. The molecule has 0 aliphatic heterocycles. The van der Waals surface area contributed by atoms with Gasteiger partial charge >= 0.3 is 0 Å². The molecule has 0 atom stereocenters. The molecule has 21 heavy (non-hydrogen) atoms. The molecule has 3 N–H and O–H groups in total. The topological polar surface area (TPSA) is 76.4 Å². The molecule has 6 heteroatoms. The molecular weight excluding hydrogens is 379 g/mol. The third kappa shape index (κ3) is 5.04. The lowest BCUT2D eigenvalue weighted by molar-refractivity contribution is 0.473. The molecule has 114 valence electrons. The minimum atomic E-state index is 0. The molecule has 5 nitrogen and oxygen atoms in total. The van der Waals surface area contributed by atoms with Gasteiger partial charge in [0.05, 0.1) is 5.69 Å². The van der Waals surface area contributed by atoms with Gasteiger partial charge in [0.25, 0.3) is 0 Å². The number of hydrogen-bond acceptors (Lipinski definition) is 3. The minimum Gasteiger partial charge on any atom is -0.444 e. The smallest absolute Gasteiger partial charge is 0.216 e. The maximum absolute atomic E-state index is 5.87. The van der Waals surface area contributed by atoms with E-state index < -0.39 is 0 Å². The molecule has 0 unspecified atom stereocenters. The van der Waals surface area contributed by atoms with Gasteiger partial charge in [0.15, 0.2) is 5.96 Å². The van der Waals surface area contributed by atoms with Gasteiger partial charge in [-0.05, 0) is 51.0 Å². The number of benzene rings is 1. The summed E-state index contributed by atoms with van der Waals surface area (Å²) in [5.74, 6) is 1.74. The monoisotopic (exact) mass is 400 g/mol. The lowest BCUT2D eigenvalue weighted by atomic mass is 10.1. The molecule has 1 aromatic carbocycles. The standard InChI is InChI=1S/C15H20N4O.HI/c1-9-5-10(2)7-13(6-9)19-15(16)17-8-14-18-11(3)12(4)20-14;/h5-7H,8H2,1-4H3,(H3,16,17,19);1H. The zero-order valence-corrected chi connectivity index (χ0v) is 15.1. The van der Waals surface area contributed by atoms with Crippen LogP contribution in [0.1, 0.15) is 28.5 Å². The fraction of sp³-hybridized carbons (Fsp3) is 0.333. The second kappa shape index (κ2) is 7.44. The van der Waals surface area contributed by atoms with Crippen LogP contribution in [0.2, 0.25) is 0 Å². The summed E-state index contributed by atoms with van der Waals surface area (Å²) in [7, 11) is 0. The molecule has 1 aromatic heterocycles. The first-order chi connectivity index (χ1) is 9.44. The van der Waals surface area contributed by atoms with E-state index in [9.17, 15) is 0 Å². The minimum absolute atomic E-state index is 0. The van der Waals surface area contributed by atoms with Gasteiger partial charge in [0, 0.05) is 5.69 Å². The zero-order valence-electron chi connectivity index (χ0n) is 12.7. The van der Waals surface area contributed by atoms with E-state index in [0.29, 0.717) is 18.4 Å². The normalized spacial score (nSPS) is 11.1. The number of aryl methyl sites for hydroxylation is 4. The Bertz CT molecular complexity index is 609. The summed E-state index contributed by atoms with van der Waals surface area (Å²) < 4.78 is 5.45. The molecule has 0 saturated carbocycles. The number of nitrogens with zero attached hydrogens (tertiary/aromatic N) is 2. The van der Waals surface area contributed by atoms with Crippen LogP contribution < -0.4 is 11.1 Å². The highest BCUT2D eigenvalue weighted by atomic mass is 127. The Morgan fingerprint density at radius 3 is 2.33 bits per heavy atom. The lowest BCUT2D eigenvalue weighted by Crippen LogP contribution is -2.22. The third-order valence-corrected chi connectivity index (χ3v) is 2.95. The van der Waals surface area contributed by atoms with Crippen LogP contribution in [0, 0.1) is 27.7 Å². The van der Waals surface area contributed by atoms with Crippen LogP contribution in [-0.4, -0.2) is 10.9 Å². The SMILES string of the molecule is Cc1cc(C)cc(NC(N)=NCc2nc(C)c(C)o2)c1.I. The molecule has 2 aromatic rings. The molecular formula is C15H21IN4O.